The third-order valence-electron chi connectivity index (χ3n) is 5.69. The Morgan fingerprint density at radius 2 is 1.80 bits per heavy atom. The van der Waals surface area contributed by atoms with Crippen LogP contribution in [0, 0.1) is 19.7 Å². The molecule has 30 heavy (non-hydrogen) atoms. The van der Waals surface area contributed by atoms with E-state index in [1.165, 1.54) is 12.1 Å². The van der Waals surface area contributed by atoms with Crippen LogP contribution in [0.15, 0.2) is 42.0 Å². The normalized spacial score (nSPS) is 15.9. The number of benzene rings is 2. The Labute approximate surface area is 174 Å². The molecule has 0 amide bonds. The summed E-state index contributed by atoms with van der Waals surface area (Å²) in [7, 11) is 0. The second-order valence-electron chi connectivity index (χ2n) is 7.78. The molecule has 160 valence electrons. The molecule has 0 aliphatic heterocycles. The van der Waals surface area contributed by atoms with Crippen molar-refractivity contribution in [3.8, 4) is 5.75 Å². The fraction of sp³-hybridized carbons (Fsp3) is 0.375. The standard InChI is InChI=1S/C24H25F3O3/c1-15-16(2)22(9-5-17(15)6-10-23(28)29)30-14-19-13-24(26,27)12-11-21(19)18-3-7-20(25)8-4-18/h3-5,7-9H,6,10-14H2,1-2H3,(H,28,29). The summed E-state index contributed by atoms with van der Waals surface area (Å²) in [5.41, 5.74) is 4.78. The molecule has 1 aliphatic carbocycles. The van der Waals surface area contributed by atoms with E-state index >= 15 is 0 Å². The number of carbonyl (C=O) groups is 1. The molecule has 6 heteroatoms. The molecule has 0 fully saturated rings. The first-order valence-electron chi connectivity index (χ1n) is 9.94. The molecule has 0 heterocycles. The van der Waals surface area contributed by atoms with Gasteiger partial charge >= 0.3 is 5.97 Å². The lowest BCUT2D eigenvalue weighted by atomic mass is 9.85. The summed E-state index contributed by atoms with van der Waals surface area (Å²) >= 11 is 0. The molecule has 0 spiro atoms. The van der Waals surface area contributed by atoms with Crippen LogP contribution in [-0.4, -0.2) is 23.6 Å². The Hall–Kier alpha value is -2.76. The quantitative estimate of drug-likeness (QED) is 0.590. The van der Waals surface area contributed by atoms with Gasteiger partial charge in [0.15, 0.2) is 0 Å². The molecular weight excluding hydrogens is 393 g/mol. The molecule has 1 N–H and O–H groups in total. The van der Waals surface area contributed by atoms with E-state index in [0.717, 1.165) is 27.8 Å². The van der Waals surface area contributed by atoms with Crippen molar-refractivity contribution in [3.63, 3.8) is 0 Å². The van der Waals surface area contributed by atoms with Crippen molar-refractivity contribution in [2.75, 3.05) is 6.61 Å². The minimum Gasteiger partial charge on any atom is -0.489 e. The molecule has 2 aromatic rings. The highest BCUT2D eigenvalue weighted by Gasteiger charge is 2.35. The number of ether oxygens (including phenoxy) is 1. The third-order valence-corrected chi connectivity index (χ3v) is 5.69. The number of rotatable bonds is 7. The Balaban J connectivity index is 1.83. The summed E-state index contributed by atoms with van der Waals surface area (Å²) in [6.45, 7) is 3.80. The highest BCUT2D eigenvalue weighted by atomic mass is 19.3. The van der Waals surface area contributed by atoms with Crippen LogP contribution in [0.4, 0.5) is 13.2 Å². The molecule has 0 unspecified atom stereocenters. The van der Waals surface area contributed by atoms with Crippen LogP contribution in [0.3, 0.4) is 0 Å². The van der Waals surface area contributed by atoms with Crippen LogP contribution in [0.25, 0.3) is 5.57 Å². The van der Waals surface area contributed by atoms with Crippen molar-refractivity contribution in [1.29, 1.82) is 0 Å². The minimum atomic E-state index is -2.78. The van der Waals surface area contributed by atoms with Gasteiger partial charge in [0.2, 0.25) is 0 Å². The summed E-state index contributed by atoms with van der Waals surface area (Å²) in [4.78, 5) is 10.8. The van der Waals surface area contributed by atoms with E-state index in [1.807, 2.05) is 19.9 Å². The first-order valence-corrected chi connectivity index (χ1v) is 9.94. The number of aliphatic carboxylic acids is 1. The number of hydrogen-bond donors (Lipinski definition) is 1. The maximum absolute atomic E-state index is 14.1. The average molecular weight is 418 g/mol. The van der Waals surface area contributed by atoms with Crippen LogP contribution < -0.4 is 4.74 Å². The zero-order chi connectivity index (χ0) is 21.9. The summed E-state index contributed by atoms with van der Waals surface area (Å²) in [6.07, 6.45) is 0.0649. The highest BCUT2D eigenvalue weighted by Crippen LogP contribution is 2.41. The maximum Gasteiger partial charge on any atom is 0.303 e. The van der Waals surface area contributed by atoms with Gasteiger partial charge in [-0.05, 0) is 78.3 Å². The van der Waals surface area contributed by atoms with E-state index in [0.29, 0.717) is 17.7 Å². The number of alkyl halides is 2. The zero-order valence-electron chi connectivity index (χ0n) is 17.1. The van der Waals surface area contributed by atoms with Crippen LogP contribution >= 0.6 is 0 Å². The van der Waals surface area contributed by atoms with Gasteiger partial charge in [-0.25, -0.2) is 13.2 Å². The van der Waals surface area contributed by atoms with E-state index in [2.05, 4.69) is 0 Å². The largest absolute Gasteiger partial charge is 0.489 e. The van der Waals surface area contributed by atoms with Crippen LogP contribution in [0.5, 0.6) is 5.75 Å². The Kier molecular flexibility index (Phi) is 6.54. The van der Waals surface area contributed by atoms with Gasteiger partial charge in [-0.2, -0.15) is 0 Å². The Bertz CT molecular complexity index is 962. The second kappa shape index (κ2) is 8.94. The zero-order valence-corrected chi connectivity index (χ0v) is 17.1. The van der Waals surface area contributed by atoms with Crippen LogP contribution in [0.1, 0.15) is 47.9 Å². The van der Waals surface area contributed by atoms with Gasteiger partial charge in [0.05, 0.1) is 0 Å². The van der Waals surface area contributed by atoms with E-state index in [4.69, 9.17) is 9.84 Å². The molecule has 0 saturated carbocycles. The molecule has 0 atom stereocenters. The van der Waals surface area contributed by atoms with Crippen molar-refractivity contribution in [3.05, 3.63) is 70.0 Å². The van der Waals surface area contributed by atoms with Gasteiger partial charge in [-0.1, -0.05) is 18.2 Å². The first-order chi connectivity index (χ1) is 14.2. The lowest BCUT2D eigenvalue weighted by Gasteiger charge is -2.28. The first kappa shape index (κ1) is 21.9. The lowest BCUT2D eigenvalue weighted by molar-refractivity contribution is -0.136. The number of carboxylic acid groups (broad SMARTS) is 1. The Morgan fingerprint density at radius 3 is 2.47 bits per heavy atom. The van der Waals surface area contributed by atoms with Gasteiger partial charge in [0.25, 0.3) is 5.92 Å². The summed E-state index contributed by atoms with van der Waals surface area (Å²) in [6, 6.07) is 9.47. The molecule has 0 bridgehead atoms. The number of aryl methyl sites for hydroxylation is 1. The monoisotopic (exact) mass is 418 g/mol. The van der Waals surface area contributed by atoms with Gasteiger partial charge in [0, 0.05) is 19.3 Å². The van der Waals surface area contributed by atoms with E-state index in [1.54, 1.807) is 18.2 Å². The SMILES string of the molecule is Cc1c(CCC(=O)O)ccc(OCC2=C(c3ccc(F)cc3)CCC(F)(F)C2)c1C. The van der Waals surface area contributed by atoms with Gasteiger partial charge < -0.3 is 9.84 Å². The second-order valence-corrected chi connectivity index (χ2v) is 7.78. The highest BCUT2D eigenvalue weighted by molar-refractivity contribution is 5.70. The molecule has 0 aromatic heterocycles. The molecule has 2 aromatic carbocycles. The average Bonchev–Trinajstić information content (AvgIpc) is 2.68. The fourth-order valence-corrected chi connectivity index (χ4v) is 3.82. The van der Waals surface area contributed by atoms with Gasteiger partial charge in [-0.15, -0.1) is 0 Å². The molecule has 3 rings (SSSR count). The Morgan fingerprint density at radius 1 is 1.10 bits per heavy atom. The lowest BCUT2D eigenvalue weighted by Crippen LogP contribution is -2.24. The predicted molar refractivity (Wildman–Crippen MR) is 109 cm³/mol. The molecular formula is C24H25F3O3. The van der Waals surface area contributed by atoms with Crippen molar-refractivity contribution >= 4 is 11.5 Å². The smallest absolute Gasteiger partial charge is 0.303 e. The maximum atomic E-state index is 14.1. The van der Waals surface area contributed by atoms with Crippen molar-refractivity contribution < 1.29 is 27.8 Å². The van der Waals surface area contributed by atoms with Gasteiger partial charge in [0.1, 0.15) is 18.2 Å². The topological polar surface area (TPSA) is 46.5 Å². The van der Waals surface area contributed by atoms with Crippen molar-refractivity contribution in [1.82, 2.24) is 0 Å². The number of carboxylic acids is 1. The minimum absolute atomic E-state index is 0.0249. The number of allylic oxidation sites excluding steroid dienone is 1. The molecule has 0 saturated heterocycles. The third kappa shape index (κ3) is 5.23. The number of halogens is 3. The van der Waals surface area contributed by atoms with E-state index in [9.17, 15) is 18.0 Å². The fourth-order valence-electron chi connectivity index (χ4n) is 3.82. The van der Waals surface area contributed by atoms with Crippen LogP contribution in [-0.2, 0) is 11.2 Å². The predicted octanol–water partition coefficient (Wildman–Crippen LogP) is 6.11. The molecule has 3 nitrogen and oxygen atoms in total. The van der Waals surface area contributed by atoms with E-state index < -0.39 is 11.9 Å². The summed E-state index contributed by atoms with van der Waals surface area (Å²) < 4.78 is 47.4. The van der Waals surface area contributed by atoms with Crippen molar-refractivity contribution in [2.24, 2.45) is 0 Å². The van der Waals surface area contributed by atoms with Crippen LogP contribution in [0.2, 0.25) is 0 Å². The molecule has 0 radical (unpaired) electrons. The van der Waals surface area contributed by atoms with Crippen molar-refractivity contribution in [2.45, 2.75) is 51.9 Å². The summed E-state index contributed by atoms with van der Waals surface area (Å²) in [5, 5.41) is 8.88. The number of hydrogen-bond acceptors (Lipinski definition) is 2. The van der Waals surface area contributed by atoms with Gasteiger partial charge in [-0.3, -0.25) is 4.79 Å². The molecule has 1 aliphatic rings. The summed E-state index contributed by atoms with van der Waals surface area (Å²) in [5.74, 6) is -3.42. The van der Waals surface area contributed by atoms with E-state index in [-0.39, 0.29) is 38.1 Å².